The molecule has 0 spiro atoms. The second kappa shape index (κ2) is 7.56. The zero-order valence-electron chi connectivity index (χ0n) is 15.0. The molecule has 0 aliphatic carbocycles. The van der Waals surface area contributed by atoms with Crippen molar-refractivity contribution in [2.24, 2.45) is 0 Å². The Hall–Kier alpha value is -1.89. The number of ether oxygens (including phenoxy) is 1. The fourth-order valence-corrected chi connectivity index (χ4v) is 3.39. The summed E-state index contributed by atoms with van der Waals surface area (Å²) < 4.78 is 32.3. The Bertz CT molecular complexity index is 791. The number of aliphatic hydroxyl groups excluding tert-OH is 1. The lowest BCUT2D eigenvalue weighted by molar-refractivity contribution is 0.182. The van der Waals surface area contributed by atoms with E-state index >= 15 is 0 Å². The topological polar surface area (TPSA) is 75.6 Å². The number of hydrogen-bond donors (Lipinski definition) is 2. The van der Waals surface area contributed by atoms with E-state index in [-0.39, 0.29) is 16.9 Å². The van der Waals surface area contributed by atoms with Crippen LogP contribution in [0.3, 0.4) is 0 Å². The van der Waals surface area contributed by atoms with Gasteiger partial charge in [-0.15, -0.1) is 0 Å². The molecule has 2 aromatic carbocycles. The van der Waals surface area contributed by atoms with Gasteiger partial charge >= 0.3 is 0 Å². The van der Waals surface area contributed by atoms with Crippen LogP contribution in [0.5, 0.6) is 5.75 Å². The summed E-state index contributed by atoms with van der Waals surface area (Å²) in [6, 6.07) is 13.6. The Balaban J connectivity index is 2.05. The van der Waals surface area contributed by atoms with Crippen LogP contribution in [0.2, 0.25) is 0 Å². The van der Waals surface area contributed by atoms with E-state index in [1.165, 1.54) is 0 Å². The molecule has 0 heterocycles. The predicted molar refractivity (Wildman–Crippen MR) is 98.3 cm³/mol. The van der Waals surface area contributed by atoms with Gasteiger partial charge in [-0.05, 0) is 40.8 Å². The fourth-order valence-electron chi connectivity index (χ4n) is 2.35. The number of sulfonamides is 1. The minimum absolute atomic E-state index is 0.0414. The van der Waals surface area contributed by atoms with Crippen LogP contribution in [0.1, 0.15) is 38.0 Å². The largest absolute Gasteiger partial charge is 0.497 e. The second-order valence-corrected chi connectivity index (χ2v) is 8.68. The van der Waals surface area contributed by atoms with Crippen molar-refractivity contribution in [2.75, 3.05) is 13.7 Å². The molecule has 0 bridgehead atoms. The lowest BCUT2D eigenvalue weighted by atomic mass is 9.87. The molecule has 0 saturated carbocycles. The quantitative estimate of drug-likeness (QED) is 0.827. The van der Waals surface area contributed by atoms with Gasteiger partial charge in [-0.25, -0.2) is 13.1 Å². The van der Waals surface area contributed by atoms with Gasteiger partial charge in [0.1, 0.15) is 5.75 Å². The van der Waals surface area contributed by atoms with Gasteiger partial charge in [-0.3, -0.25) is 0 Å². The highest BCUT2D eigenvalue weighted by molar-refractivity contribution is 7.89. The van der Waals surface area contributed by atoms with Crippen LogP contribution in [0.4, 0.5) is 0 Å². The maximum atomic E-state index is 12.4. The molecule has 1 unspecified atom stereocenters. The molecular formula is C19H25NO4S. The molecule has 0 aliphatic heterocycles. The first-order valence-corrected chi connectivity index (χ1v) is 9.54. The summed E-state index contributed by atoms with van der Waals surface area (Å²) >= 11 is 0. The van der Waals surface area contributed by atoms with Crippen molar-refractivity contribution in [2.45, 2.75) is 37.2 Å². The highest BCUT2D eigenvalue weighted by atomic mass is 32.2. The molecule has 2 N–H and O–H groups in total. The molecule has 0 amide bonds. The van der Waals surface area contributed by atoms with E-state index in [0.717, 1.165) is 5.56 Å². The number of hydrogen-bond acceptors (Lipinski definition) is 4. The van der Waals surface area contributed by atoms with Crippen molar-refractivity contribution in [1.29, 1.82) is 0 Å². The van der Waals surface area contributed by atoms with Crippen molar-refractivity contribution >= 4 is 10.0 Å². The molecule has 6 heteroatoms. The van der Waals surface area contributed by atoms with E-state index in [4.69, 9.17) is 4.74 Å². The summed E-state index contributed by atoms with van der Waals surface area (Å²) in [4.78, 5) is 0.183. The van der Waals surface area contributed by atoms with Gasteiger partial charge in [0, 0.05) is 6.54 Å². The molecule has 1 atom stereocenters. The molecule has 136 valence electrons. The van der Waals surface area contributed by atoms with Crippen LogP contribution >= 0.6 is 0 Å². The maximum absolute atomic E-state index is 12.4. The Morgan fingerprint density at radius 3 is 2.08 bits per heavy atom. The Morgan fingerprint density at radius 1 is 1.04 bits per heavy atom. The van der Waals surface area contributed by atoms with Gasteiger partial charge in [-0.2, -0.15) is 0 Å². The molecule has 0 radical (unpaired) electrons. The standard InChI is InChI=1S/C19H25NO4S/c1-19(2,3)15-7-11-17(12-8-15)25(22,23)20-13-18(21)14-5-9-16(24-4)10-6-14/h5-12,18,20-21H,13H2,1-4H3. The summed E-state index contributed by atoms with van der Waals surface area (Å²) in [5, 5.41) is 10.2. The minimum Gasteiger partial charge on any atom is -0.497 e. The lowest BCUT2D eigenvalue weighted by Crippen LogP contribution is -2.28. The number of aliphatic hydroxyl groups is 1. The third-order valence-corrected chi connectivity index (χ3v) is 5.44. The molecule has 2 rings (SSSR count). The molecule has 5 nitrogen and oxygen atoms in total. The summed E-state index contributed by atoms with van der Waals surface area (Å²) in [6.45, 7) is 6.11. The monoisotopic (exact) mass is 363 g/mol. The molecule has 0 saturated heterocycles. The molecule has 0 fully saturated rings. The second-order valence-electron chi connectivity index (χ2n) is 6.92. The number of nitrogens with one attached hydrogen (secondary N) is 1. The molecule has 25 heavy (non-hydrogen) atoms. The maximum Gasteiger partial charge on any atom is 0.240 e. The van der Waals surface area contributed by atoms with E-state index in [0.29, 0.717) is 11.3 Å². The van der Waals surface area contributed by atoms with Crippen molar-refractivity contribution in [3.63, 3.8) is 0 Å². The van der Waals surface area contributed by atoms with Crippen LogP contribution < -0.4 is 9.46 Å². The molecule has 0 aliphatic rings. The van der Waals surface area contributed by atoms with Crippen molar-refractivity contribution < 1.29 is 18.3 Å². The van der Waals surface area contributed by atoms with Gasteiger partial charge in [0.25, 0.3) is 0 Å². The zero-order valence-corrected chi connectivity index (χ0v) is 15.8. The van der Waals surface area contributed by atoms with Gasteiger partial charge in [0.2, 0.25) is 10.0 Å². The predicted octanol–water partition coefficient (Wildman–Crippen LogP) is 3.00. The zero-order chi connectivity index (χ0) is 18.7. The van der Waals surface area contributed by atoms with E-state index in [2.05, 4.69) is 25.5 Å². The van der Waals surface area contributed by atoms with E-state index in [1.807, 2.05) is 12.1 Å². The summed E-state index contributed by atoms with van der Waals surface area (Å²) in [5.41, 5.74) is 1.64. The normalized spacial score (nSPS) is 13.5. The SMILES string of the molecule is COc1ccc(C(O)CNS(=O)(=O)c2ccc(C(C)(C)C)cc2)cc1. The Labute approximate surface area is 149 Å². The average Bonchev–Trinajstić information content (AvgIpc) is 2.59. The van der Waals surface area contributed by atoms with Crippen LogP contribution in [0.15, 0.2) is 53.4 Å². The Kier molecular flexibility index (Phi) is 5.87. The molecular weight excluding hydrogens is 338 g/mol. The smallest absolute Gasteiger partial charge is 0.240 e. The first kappa shape index (κ1) is 19.4. The van der Waals surface area contributed by atoms with Gasteiger partial charge < -0.3 is 9.84 Å². The summed E-state index contributed by atoms with van der Waals surface area (Å²) in [6.07, 6.45) is -0.936. The van der Waals surface area contributed by atoms with Crippen molar-refractivity contribution in [3.05, 3.63) is 59.7 Å². The number of methoxy groups -OCH3 is 1. The average molecular weight is 363 g/mol. The number of rotatable bonds is 6. The van der Waals surface area contributed by atoms with E-state index in [1.54, 1.807) is 43.5 Å². The van der Waals surface area contributed by atoms with Crippen LogP contribution in [-0.2, 0) is 15.4 Å². The summed E-state index contributed by atoms with van der Waals surface area (Å²) in [5.74, 6) is 0.676. The minimum atomic E-state index is -3.67. The fraction of sp³-hybridized carbons (Fsp3) is 0.368. The number of benzene rings is 2. The molecule has 2 aromatic rings. The first-order valence-electron chi connectivity index (χ1n) is 8.06. The van der Waals surface area contributed by atoms with Crippen LogP contribution in [0.25, 0.3) is 0 Å². The van der Waals surface area contributed by atoms with Gasteiger partial charge in [-0.1, -0.05) is 45.0 Å². The lowest BCUT2D eigenvalue weighted by Gasteiger charge is -2.19. The highest BCUT2D eigenvalue weighted by Gasteiger charge is 2.19. The third kappa shape index (κ3) is 5.04. The van der Waals surface area contributed by atoms with Gasteiger partial charge in [0.15, 0.2) is 0 Å². The van der Waals surface area contributed by atoms with E-state index < -0.39 is 16.1 Å². The highest BCUT2D eigenvalue weighted by Crippen LogP contribution is 2.23. The Morgan fingerprint density at radius 2 is 1.60 bits per heavy atom. The van der Waals surface area contributed by atoms with Crippen LogP contribution in [0, 0.1) is 0 Å². The van der Waals surface area contributed by atoms with Crippen molar-refractivity contribution in [3.8, 4) is 5.75 Å². The molecule has 0 aromatic heterocycles. The first-order chi connectivity index (χ1) is 11.6. The third-order valence-electron chi connectivity index (χ3n) is 4.00. The van der Waals surface area contributed by atoms with Crippen LogP contribution in [-0.4, -0.2) is 27.2 Å². The van der Waals surface area contributed by atoms with Gasteiger partial charge in [0.05, 0.1) is 18.1 Å². The summed E-state index contributed by atoms with van der Waals surface area (Å²) in [7, 11) is -2.11. The van der Waals surface area contributed by atoms with E-state index in [9.17, 15) is 13.5 Å². The van der Waals surface area contributed by atoms with Crippen molar-refractivity contribution in [1.82, 2.24) is 4.72 Å².